The third-order valence-electron chi connectivity index (χ3n) is 4.20. The van der Waals surface area contributed by atoms with Crippen LogP contribution in [0.25, 0.3) is 5.69 Å². The van der Waals surface area contributed by atoms with Crippen molar-refractivity contribution < 1.29 is 4.74 Å². The highest BCUT2D eigenvalue weighted by atomic mass is 16.5. The van der Waals surface area contributed by atoms with Crippen molar-refractivity contribution in [3.8, 4) is 5.69 Å². The molecule has 2 heterocycles. The molecule has 0 unspecified atom stereocenters. The molecule has 1 fully saturated rings. The van der Waals surface area contributed by atoms with Crippen LogP contribution in [-0.4, -0.2) is 60.0 Å². The summed E-state index contributed by atoms with van der Waals surface area (Å²) in [6.07, 6.45) is 4.74. The minimum atomic E-state index is 0.498. The van der Waals surface area contributed by atoms with Gasteiger partial charge in [-0.3, -0.25) is 4.90 Å². The highest BCUT2D eigenvalue weighted by Crippen LogP contribution is 2.09. The third-order valence-corrected chi connectivity index (χ3v) is 4.20. The monoisotopic (exact) mass is 342 g/mol. The number of nitrogens with one attached hydrogen (secondary N) is 1. The predicted molar refractivity (Wildman–Crippen MR) is 98.8 cm³/mol. The van der Waals surface area contributed by atoms with Gasteiger partial charge in [-0.05, 0) is 36.7 Å². The van der Waals surface area contributed by atoms with Crippen molar-refractivity contribution in [3.63, 3.8) is 0 Å². The number of aromatic nitrogens is 2. The molecule has 0 aliphatic carbocycles. The molecule has 3 rings (SSSR count). The fourth-order valence-electron chi connectivity index (χ4n) is 2.75. The molecule has 0 amide bonds. The second kappa shape index (κ2) is 9.19. The largest absolute Gasteiger partial charge is 0.379 e. The van der Waals surface area contributed by atoms with Gasteiger partial charge in [0.2, 0.25) is 0 Å². The zero-order chi connectivity index (χ0) is 17.3. The molecular weight excluding hydrogens is 316 g/mol. The second-order valence-corrected chi connectivity index (χ2v) is 6.05. The van der Waals surface area contributed by atoms with Crippen LogP contribution in [-0.2, 0) is 11.3 Å². The van der Waals surface area contributed by atoms with Gasteiger partial charge in [0.15, 0.2) is 5.96 Å². The van der Waals surface area contributed by atoms with E-state index < -0.39 is 0 Å². The van der Waals surface area contributed by atoms with E-state index in [0.717, 1.165) is 57.1 Å². The zero-order valence-corrected chi connectivity index (χ0v) is 14.5. The number of nitrogens with zero attached hydrogens (tertiary/aromatic N) is 4. The second-order valence-electron chi connectivity index (χ2n) is 6.05. The first-order valence-electron chi connectivity index (χ1n) is 8.74. The SMILES string of the molecule is NC(=NCc1ccc(-n2cccn2)cc1)NCCCN1CCOCC1. The molecule has 0 saturated carbocycles. The molecule has 7 nitrogen and oxygen atoms in total. The average molecular weight is 342 g/mol. The van der Waals surface area contributed by atoms with Crippen LogP contribution in [0, 0.1) is 0 Å². The zero-order valence-electron chi connectivity index (χ0n) is 14.5. The fourth-order valence-corrected chi connectivity index (χ4v) is 2.75. The Morgan fingerprint density at radius 2 is 2.04 bits per heavy atom. The van der Waals surface area contributed by atoms with Gasteiger partial charge >= 0.3 is 0 Å². The van der Waals surface area contributed by atoms with Crippen molar-refractivity contribution in [1.29, 1.82) is 0 Å². The van der Waals surface area contributed by atoms with Gasteiger partial charge in [0, 0.05) is 32.0 Å². The minimum absolute atomic E-state index is 0.498. The summed E-state index contributed by atoms with van der Waals surface area (Å²) in [5, 5.41) is 7.40. The summed E-state index contributed by atoms with van der Waals surface area (Å²) in [5.41, 5.74) is 8.09. The molecule has 1 aliphatic heterocycles. The lowest BCUT2D eigenvalue weighted by molar-refractivity contribution is 0.0376. The van der Waals surface area contributed by atoms with Gasteiger partial charge in [0.25, 0.3) is 0 Å². The molecule has 1 aromatic heterocycles. The van der Waals surface area contributed by atoms with Gasteiger partial charge in [0.1, 0.15) is 0 Å². The van der Waals surface area contributed by atoms with Gasteiger partial charge < -0.3 is 15.8 Å². The van der Waals surface area contributed by atoms with E-state index in [2.05, 4.69) is 20.3 Å². The molecule has 1 aromatic carbocycles. The smallest absolute Gasteiger partial charge is 0.188 e. The van der Waals surface area contributed by atoms with Crippen LogP contribution < -0.4 is 11.1 Å². The van der Waals surface area contributed by atoms with Gasteiger partial charge in [0.05, 0.1) is 25.4 Å². The molecule has 0 radical (unpaired) electrons. The lowest BCUT2D eigenvalue weighted by Crippen LogP contribution is -2.39. The van der Waals surface area contributed by atoms with Crippen molar-refractivity contribution in [3.05, 3.63) is 48.3 Å². The number of nitrogens with two attached hydrogens (primary N) is 1. The number of hydrogen-bond donors (Lipinski definition) is 2. The Morgan fingerprint density at radius 1 is 1.24 bits per heavy atom. The minimum Gasteiger partial charge on any atom is -0.379 e. The lowest BCUT2D eigenvalue weighted by atomic mass is 10.2. The van der Waals surface area contributed by atoms with Gasteiger partial charge in [-0.1, -0.05) is 12.1 Å². The van der Waals surface area contributed by atoms with Crippen molar-refractivity contribution in [2.24, 2.45) is 10.7 Å². The van der Waals surface area contributed by atoms with Crippen LogP contribution in [0.1, 0.15) is 12.0 Å². The van der Waals surface area contributed by atoms with Crippen molar-refractivity contribution in [2.75, 3.05) is 39.4 Å². The van der Waals surface area contributed by atoms with Gasteiger partial charge in [-0.15, -0.1) is 0 Å². The maximum atomic E-state index is 5.94. The van der Waals surface area contributed by atoms with Crippen molar-refractivity contribution in [1.82, 2.24) is 20.0 Å². The Balaban J connectivity index is 1.37. The summed E-state index contributed by atoms with van der Waals surface area (Å²) in [5.74, 6) is 0.498. The summed E-state index contributed by atoms with van der Waals surface area (Å²) >= 11 is 0. The van der Waals surface area contributed by atoms with E-state index in [9.17, 15) is 0 Å². The molecule has 134 valence electrons. The normalized spacial score (nSPS) is 16.1. The van der Waals surface area contributed by atoms with Crippen LogP contribution in [0.15, 0.2) is 47.7 Å². The number of ether oxygens (including phenoxy) is 1. The quantitative estimate of drug-likeness (QED) is 0.446. The number of benzene rings is 1. The van der Waals surface area contributed by atoms with E-state index in [4.69, 9.17) is 10.5 Å². The predicted octanol–water partition coefficient (Wildman–Crippen LogP) is 0.999. The summed E-state index contributed by atoms with van der Waals surface area (Å²) in [4.78, 5) is 6.81. The van der Waals surface area contributed by atoms with Crippen LogP contribution in [0.5, 0.6) is 0 Å². The molecule has 3 N–H and O–H groups in total. The van der Waals surface area contributed by atoms with E-state index in [1.54, 1.807) is 6.20 Å². The summed E-state index contributed by atoms with van der Waals surface area (Å²) < 4.78 is 7.18. The first kappa shape index (κ1) is 17.4. The molecule has 2 aromatic rings. The summed E-state index contributed by atoms with van der Waals surface area (Å²) in [7, 11) is 0. The molecule has 1 aliphatic rings. The average Bonchev–Trinajstić information content (AvgIpc) is 3.20. The molecule has 0 bridgehead atoms. The van der Waals surface area contributed by atoms with E-state index in [1.165, 1.54) is 0 Å². The topological polar surface area (TPSA) is 80.7 Å². The Bertz CT molecular complexity index is 647. The maximum Gasteiger partial charge on any atom is 0.188 e. The van der Waals surface area contributed by atoms with Crippen molar-refractivity contribution >= 4 is 5.96 Å². The summed E-state index contributed by atoms with van der Waals surface area (Å²) in [6, 6.07) is 10.1. The fraction of sp³-hybridized carbons (Fsp3) is 0.444. The Hall–Kier alpha value is -2.38. The standard InChI is InChI=1S/C18H26N6O/c19-18(20-7-1-9-23-11-13-25-14-12-23)21-15-16-3-5-17(6-4-16)24-10-2-8-22-24/h2-6,8,10H,1,7,9,11-15H2,(H3,19,20,21). The molecular formula is C18H26N6O. The van der Waals surface area contributed by atoms with Gasteiger partial charge in [-0.25, -0.2) is 9.67 Å². The number of rotatable bonds is 7. The van der Waals surface area contributed by atoms with Crippen LogP contribution >= 0.6 is 0 Å². The molecule has 0 spiro atoms. The van der Waals surface area contributed by atoms with Gasteiger partial charge in [-0.2, -0.15) is 5.10 Å². The van der Waals surface area contributed by atoms with E-state index in [-0.39, 0.29) is 0 Å². The number of morpholine rings is 1. The number of aliphatic imine (C=N–C) groups is 1. The first-order valence-corrected chi connectivity index (χ1v) is 8.74. The van der Waals surface area contributed by atoms with Crippen LogP contribution in [0.4, 0.5) is 0 Å². The summed E-state index contributed by atoms with van der Waals surface area (Å²) in [6.45, 7) is 6.22. The Labute approximate surface area is 148 Å². The molecule has 1 saturated heterocycles. The Kier molecular flexibility index (Phi) is 6.42. The highest BCUT2D eigenvalue weighted by molar-refractivity contribution is 5.77. The maximum absolute atomic E-state index is 5.94. The lowest BCUT2D eigenvalue weighted by Gasteiger charge is -2.26. The highest BCUT2D eigenvalue weighted by Gasteiger charge is 2.08. The van der Waals surface area contributed by atoms with Crippen molar-refractivity contribution in [2.45, 2.75) is 13.0 Å². The Morgan fingerprint density at radius 3 is 2.76 bits per heavy atom. The third kappa shape index (κ3) is 5.58. The molecule has 25 heavy (non-hydrogen) atoms. The first-order chi connectivity index (χ1) is 12.3. The van der Waals surface area contributed by atoms with E-state index in [1.807, 2.05) is 41.2 Å². The van der Waals surface area contributed by atoms with Crippen LogP contribution in [0.2, 0.25) is 0 Å². The molecule has 7 heteroatoms. The molecule has 0 atom stereocenters. The van der Waals surface area contributed by atoms with E-state index >= 15 is 0 Å². The number of guanidine groups is 1. The van der Waals surface area contributed by atoms with E-state index in [0.29, 0.717) is 12.5 Å². The van der Waals surface area contributed by atoms with Crippen LogP contribution in [0.3, 0.4) is 0 Å². The number of hydrogen-bond acceptors (Lipinski definition) is 4.